The number of nitrogens with zero attached hydrogens (tertiary/aromatic N) is 2. The first-order valence-corrected chi connectivity index (χ1v) is 11.0. The molecule has 156 valence electrons. The number of hydrogen-bond acceptors (Lipinski definition) is 6. The van der Waals surface area contributed by atoms with E-state index in [0.717, 1.165) is 37.5 Å². The van der Waals surface area contributed by atoms with E-state index in [2.05, 4.69) is 12.1 Å². The molecule has 2 aromatic carbocycles. The Kier molecular flexibility index (Phi) is 6.39. The van der Waals surface area contributed by atoms with Crippen LogP contribution in [0.4, 0.5) is 11.4 Å². The molecule has 1 heterocycles. The lowest BCUT2D eigenvalue weighted by atomic mass is 9.90. The zero-order chi connectivity index (χ0) is 21.0. The summed E-state index contributed by atoms with van der Waals surface area (Å²) >= 11 is 0. The van der Waals surface area contributed by atoms with Gasteiger partial charge in [0.05, 0.1) is 16.9 Å². The maximum absolute atomic E-state index is 11.5. The van der Waals surface area contributed by atoms with E-state index < -0.39 is 14.9 Å². The van der Waals surface area contributed by atoms with Crippen LogP contribution in [-0.4, -0.2) is 33.5 Å². The molecule has 0 amide bonds. The summed E-state index contributed by atoms with van der Waals surface area (Å²) in [5, 5.41) is 16.5. The molecule has 1 fully saturated rings. The van der Waals surface area contributed by atoms with Gasteiger partial charge in [-0.15, -0.1) is 0 Å². The van der Waals surface area contributed by atoms with Crippen LogP contribution in [0.15, 0.2) is 47.4 Å². The molecule has 0 unspecified atom stereocenters. The molecule has 1 saturated heterocycles. The average Bonchev–Trinajstić information content (AvgIpc) is 2.72. The molecule has 1 aliphatic heterocycles. The Morgan fingerprint density at radius 1 is 1.17 bits per heavy atom. The fraction of sp³-hybridized carbons (Fsp3) is 0.400. The molecule has 0 radical (unpaired) electrons. The molecule has 2 N–H and O–H groups in total. The van der Waals surface area contributed by atoms with E-state index in [-0.39, 0.29) is 10.6 Å². The van der Waals surface area contributed by atoms with Gasteiger partial charge in [0.25, 0.3) is 5.69 Å². The predicted octanol–water partition coefficient (Wildman–Crippen LogP) is 3.10. The quantitative estimate of drug-likeness (QED) is 0.544. The van der Waals surface area contributed by atoms with Gasteiger partial charge in [-0.05, 0) is 61.4 Å². The number of nitro groups is 1. The molecule has 0 spiro atoms. The molecule has 0 atom stereocenters. The molecular formula is C20H25N3O5S. The van der Waals surface area contributed by atoms with Gasteiger partial charge < -0.3 is 9.64 Å². The normalized spacial score (nSPS) is 15.3. The first-order valence-electron chi connectivity index (χ1n) is 9.47. The van der Waals surface area contributed by atoms with Crippen LogP contribution in [0.2, 0.25) is 0 Å². The van der Waals surface area contributed by atoms with E-state index in [1.807, 2.05) is 17.0 Å². The van der Waals surface area contributed by atoms with Gasteiger partial charge in [-0.25, -0.2) is 13.6 Å². The minimum atomic E-state index is -3.98. The maximum atomic E-state index is 11.5. The summed E-state index contributed by atoms with van der Waals surface area (Å²) in [6.45, 7) is 1.39. The van der Waals surface area contributed by atoms with E-state index >= 15 is 0 Å². The second-order valence-electron chi connectivity index (χ2n) is 7.27. The van der Waals surface area contributed by atoms with Crippen LogP contribution in [-0.2, 0) is 16.4 Å². The van der Waals surface area contributed by atoms with Crippen molar-refractivity contribution in [3.05, 3.63) is 58.1 Å². The van der Waals surface area contributed by atoms with Crippen LogP contribution in [0.1, 0.15) is 24.8 Å². The van der Waals surface area contributed by atoms with Crippen LogP contribution < -0.4 is 14.8 Å². The van der Waals surface area contributed by atoms with Crippen molar-refractivity contribution in [2.75, 3.05) is 25.1 Å². The number of piperidine rings is 1. The Bertz CT molecular complexity index is 968. The Hall–Kier alpha value is -2.65. The lowest BCUT2D eigenvalue weighted by molar-refractivity contribution is -0.384. The van der Waals surface area contributed by atoms with Gasteiger partial charge in [-0.1, -0.05) is 12.1 Å². The lowest BCUT2D eigenvalue weighted by Crippen LogP contribution is -2.34. The summed E-state index contributed by atoms with van der Waals surface area (Å²) in [5.41, 5.74) is 1.48. The van der Waals surface area contributed by atoms with Crippen molar-refractivity contribution in [2.45, 2.75) is 30.6 Å². The number of anilines is 1. The van der Waals surface area contributed by atoms with Gasteiger partial charge in [-0.3, -0.25) is 10.1 Å². The largest absolute Gasteiger partial charge is 0.497 e. The molecule has 2 aromatic rings. The topological polar surface area (TPSA) is 116 Å². The number of primary sulfonamides is 1. The Labute approximate surface area is 170 Å². The lowest BCUT2D eigenvalue weighted by Gasteiger charge is -2.33. The van der Waals surface area contributed by atoms with Crippen LogP contribution >= 0.6 is 0 Å². The average molecular weight is 420 g/mol. The van der Waals surface area contributed by atoms with Gasteiger partial charge in [0.1, 0.15) is 11.4 Å². The van der Waals surface area contributed by atoms with Crippen molar-refractivity contribution in [3.8, 4) is 5.75 Å². The first kappa shape index (κ1) is 21.1. The number of sulfonamides is 1. The van der Waals surface area contributed by atoms with Crippen molar-refractivity contribution >= 4 is 21.4 Å². The standard InChI is InChI=1S/C20H25N3O5S/c1-28-17-6-4-15(5-7-17)2-3-16-10-12-22(13-11-16)19-9-8-18(29(21,26)27)14-20(19)23(24)25/h4-9,14,16H,2-3,10-13H2,1H3,(H2,21,26,27). The van der Waals surface area contributed by atoms with Crippen LogP contribution in [0.3, 0.4) is 0 Å². The molecule has 29 heavy (non-hydrogen) atoms. The predicted molar refractivity (Wildman–Crippen MR) is 111 cm³/mol. The highest BCUT2D eigenvalue weighted by Crippen LogP contribution is 2.34. The Balaban J connectivity index is 1.62. The van der Waals surface area contributed by atoms with Gasteiger partial charge >= 0.3 is 0 Å². The molecule has 0 saturated carbocycles. The summed E-state index contributed by atoms with van der Waals surface area (Å²) in [5.74, 6) is 1.40. The number of rotatable bonds is 7. The van der Waals surface area contributed by atoms with E-state index in [9.17, 15) is 18.5 Å². The monoisotopic (exact) mass is 419 g/mol. The molecule has 8 nitrogen and oxygen atoms in total. The number of methoxy groups -OCH3 is 1. The minimum absolute atomic E-state index is 0.229. The van der Waals surface area contributed by atoms with Crippen molar-refractivity contribution in [3.63, 3.8) is 0 Å². The number of nitro benzene ring substituents is 1. The SMILES string of the molecule is COc1ccc(CCC2CCN(c3ccc(S(N)(=O)=O)cc3[N+](=O)[O-])CC2)cc1. The highest BCUT2D eigenvalue weighted by atomic mass is 32.2. The van der Waals surface area contributed by atoms with Crippen LogP contribution in [0, 0.1) is 16.0 Å². The summed E-state index contributed by atoms with van der Waals surface area (Å²) in [6, 6.07) is 11.9. The van der Waals surface area contributed by atoms with E-state index in [4.69, 9.17) is 9.88 Å². The van der Waals surface area contributed by atoms with Crippen molar-refractivity contribution in [2.24, 2.45) is 11.1 Å². The summed E-state index contributed by atoms with van der Waals surface area (Å²) in [6.07, 6.45) is 3.92. The Morgan fingerprint density at radius 2 is 1.83 bits per heavy atom. The van der Waals surface area contributed by atoms with Crippen LogP contribution in [0.5, 0.6) is 5.75 Å². The number of hydrogen-bond donors (Lipinski definition) is 1. The molecule has 3 rings (SSSR count). The van der Waals surface area contributed by atoms with Gasteiger partial charge in [0.15, 0.2) is 0 Å². The highest BCUT2D eigenvalue weighted by molar-refractivity contribution is 7.89. The second kappa shape index (κ2) is 8.79. The van der Waals surface area contributed by atoms with Gasteiger partial charge in [0, 0.05) is 19.2 Å². The summed E-state index contributed by atoms with van der Waals surface area (Å²) in [7, 11) is -2.34. The van der Waals surface area contributed by atoms with Crippen molar-refractivity contribution < 1.29 is 18.1 Å². The third-order valence-corrected chi connectivity index (χ3v) is 6.34. The fourth-order valence-corrected chi connectivity index (χ4v) is 4.25. The van der Waals surface area contributed by atoms with Gasteiger partial charge in [0.2, 0.25) is 10.0 Å². The van der Waals surface area contributed by atoms with E-state index in [0.29, 0.717) is 24.7 Å². The third kappa shape index (κ3) is 5.24. The number of ether oxygens (including phenoxy) is 1. The summed E-state index contributed by atoms with van der Waals surface area (Å²) < 4.78 is 28.2. The van der Waals surface area contributed by atoms with Crippen molar-refractivity contribution in [1.29, 1.82) is 0 Å². The number of nitrogens with two attached hydrogens (primary N) is 1. The third-order valence-electron chi connectivity index (χ3n) is 5.43. The fourth-order valence-electron chi connectivity index (χ4n) is 3.72. The molecule has 1 aliphatic rings. The zero-order valence-corrected chi connectivity index (χ0v) is 17.1. The molecule has 9 heteroatoms. The minimum Gasteiger partial charge on any atom is -0.497 e. The zero-order valence-electron chi connectivity index (χ0n) is 16.3. The molecule has 0 bridgehead atoms. The maximum Gasteiger partial charge on any atom is 0.293 e. The molecule has 0 aliphatic carbocycles. The van der Waals surface area contributed by atoms with Crippen LogP contribution in [0.25, 0.3) is 0 Å². The highest BCUT2D eigenvalue weighted by Gasteiger charge is 2.26. The Morgan fingerprint density at radius 3 is 2.38 bits per heavy atom. The molecular weight excluding hydrogens is 394 g/mol. The number of benzene rings is 2. The van der Waals surface area contributed by atoms with Gasteiger partial charge in [-0.2, -0.15) is 0 Å². The van der Waals surface area contributed by atoms with Crippen molar-refractivity contribution in [1.82, 2.24) is 0 Å². The van der Waals surface area contributed by atoms with E-state index in [1.165, 1.54) is 17.7 Å². The van der Waals surface area contributed by atoms with E-state index in [1.54, 1.807) is 7.11 Å². The second-order valence-corrected chi connectivity index (χ2v) is 8.83. The number of aryl methyl sites for hydroxylation is 1. The molecule has 0 aromatic heterocycles. The smallest absolute Gasteiger partial charge is 0.293 e. The first-order chi connectivity index (χ1) is 13.8. The summed E-state index contributed by atoms with van der Waals surface area (Å²) in [4.78, 5) is 12.6.